The van der Waals surface area contributed by atoms with Crippen LogP contribution in [-0.4, -0.2) is 53.0 Å². The van der Waals surface area contributed by atoms with Gasteiger partial charge in [-0.25, -0.2) is 4.79 Å². The van der Waals surface area contributed by atoms with Crippen LogP contribution in [0.25, 0.3) is 0 Å². The fraction of sp³-hybridized carbons (Fsp3) is 0.545. The molecule has 0 aromatic carbocycles. The Morgan fingerprint density at radius 1 is 1.12 bits per heavy atom. The second kappa shape index (κ2) is 10.8. The summed E-state index contributed by atoms with van der Waals surface area (Å²) in [6.07, 6.45) is 2.52. The summed E-state index contributed by atoms with van der Waals surface area (Å²) >= 11 is 0. The molecule has 1 fully saturated rings. The lowest BCUT2D eigenvalue weighted by atomic mass is 9.99. The molecule has 4 rings (SSSR count). The molecule has 176 valence electrons. The summed E-state index contributed by atoms with van der Waals surface area (Å²) in [6.45, 7) is 5.41. The zero-order valence-corrected chi connectivity index (χ0v) is 17.6. The van der Waals surface area contributed by atoms with E-state index in [-0.39, 0.29) is 5.56 Å². The van der Waals surface area contributed by atoms with Crippen molar-refractivity contribution in [2.75, 3.05) is 26.3 Å². The Labute approximate surface area is 183 Å². The van der Waals surface area contributed by atoms with Gasteiger partial charge in [-0.15, -0.1) is 0 Å². The predicted molar refractivity (Wildman–Crippen MR) is 109 cm³/mol. The topological polar surface area (TPSA) is 84.9 Å². The molecule has 0 atom stereocenters. The number of fused-ring (bicyclic) bond motifs is 1. The second-order valence-electron chi connectivity index (χ2n) is 8.02. The van der Waals surface area contributed by atoms with Gasteiger partial charge in [0.15, 0.2) is 0 Å². The van der Waals surface area contributed by atoms with Crippen molar-refractivity contribution >= 4 is 5.97 Å². The summed E-state index contributed by atoms with van der Waals surface area (Å²) in [7, 11) is 0. The number of carboxylic acids is 1. The number of pyridine rings is 1. The quantitative estimate of drug-likeness (QED) is 0.761. The first-order valence-electron chi connectivity index (χ1n) is 10.6. The number of furan rings is 1. The Hall–Kier alpha value is -2.59. The zero-order valence-electron chi connectivity index (χ0n) is 17.6. The molecule has 10 heteroatoms. The molecule has 2 aliphatic rings. The molecule has 1 saturated heterocycles. The molecule has 2 aromatic heterocycles. The number of carboxylic acid groups (broad SMARTS) is 1. The fourth-order valence-corrected chi connectivity index (χ4v) is 4.03. The van der Waals surface area contributed by atoms with Crippen LogP contribution in [0.1, 0.15) is 29.7 Å². The standard InChI is InChI=1S/C20H26N2O3.C2HF3O2/c23-20-2-1-18-3-8-21(13-17-7-12-25-15-17)9-4-19(18)22(20)14-16-5-10-24-11-6-16;3-2(4,5)1(6)7/h1-2,7,12,15-16H,3-6,8-11,13-14H2;(H,6,7). The number of aliphatic carboxylic acids is 1. The Morgan fingerprint density at radius 3 is 2.44 bits per heavy atom. The normalized spacial score (nSPS) is 17.7. The van der Waals surface area contributed by atoms with Crippen molar-refractivity contribution in [1.82, 2.24) is 9.47 Å². The van der Waals surface area contributed by atoms with Gasteiger partial charge in [-0.1, -0.05) is 6.07 Å². The van der Waals surface area contributed by atoms with Crippen molar-refractivity contribution in [2.24, 2.45) is 5.92 Å². The van der Waals surface area contributed by atoms with Crippen LogP contribution < -0.4 is 5.56 Å². The summed E-state index contributed by atoms with van der Waals surface area (Å²) in [5.74, 6) is -2.20. The van der Waals surface area contributed by atoms with Crippen LogP contribution >= 0.6 is 0 Å². The highest BCUT2D eigenvalue weighted by atomic mass is 19.4. The third-order valence-corrected chi connectivity index (χ3v) is 5.76. The maximum Gasteiger partial charge on any atom is 0.490 e. The smallest absolute Gasteiger partial charge is 0.475 e. The molecule has 0 saturated carbocycles. The summed E-state index contributed by atoms with van der Waals surface area (Å²) in [5, 5.41) is 7.12. The largest absolute Gasteiger partial charge is 0.490 e. The number of carbonyl (C=O) groups is 1. The van der Waals surface area contributed by atoms with Crippen molar-refractivity contribution < 1.29 is 32.2 Å². The van der Waals surface area contributed by atoms with Crippen LogP contribution in [-0.2, 0) is 35.5 Å². The molecule has 7 nitrogen and oxygen atoms in total. The third kappa shape index (κ3) is 6.70. The molecular formula is C22H27F3N2O5. The Balaban J connectivity index is 0.000000360. The minimum absolute atomic E-state index is 0.147. The number of nitrogens with zero attached hydrogens (tertiary/aromatic N) is 2. The molecule has 0 unspecified atom stereocenters. The van der Waals surface area contributed by atoms with Crippen LogP contribution in [0.4, 0.5) is 13.2 Å². The van der Waals surface area contributed by atoms with Gasteiger partial charge in [0, 0.05) is 63.1 Å². The lowest BCUT2D eigenvalue weighted by molar-refractivity contribution is -0.192. The van der Waals surface area contributed by atoms with E-state index in [4.69, 9.17) is 19.1 Å². The molecule has 2 aromatic rings. The predicted octanol–water partition coefficient (Wildman–Crippen LogP) is 3.10. The Bertz CT molecular complexity index is 934. The fourth-order valence-electron chi connectivity index (χ4n) is 4.03. The number of rotatable bonds is 4. The highest BCUT2D eigenvalue weighted by Crippen LogP contribution is 2.21. The summed E-state index contributed by atoms with van der Waals surface area (Å²) in [4.78, 5) is 23.9. The Kier molecular flexibility index (Phi) is 8.14. The zero-order chi connectivity index (χ0) is 23.1. The number of alkyl halides is 3. The van der Waals surface area contributed by atoms with Crippen LogP contribution in [0.15, 0.2) is 39.9 Å². The molecule has 0 spiro atoms. The van der Waals surface area contributed by atoms with E-state index in [9.17, 15) is 18.0 Å². The van der Waals surface area contributed by atoms with Crippen molar-refractivity contribution in [3.63, 3.8) is 0 Å². The van der Waals surface area contributed by atoms with E-state index in [0.29, 0.717) is 5.92 Å². The highest BCUT2D eigenvalue weighted by Gasteiger charge is 2.38. The van der Waals surface area contributed by atoms with Crippen molar-refractivity contribution in [1.29, 1.82) is 0 Å². The number of aromatic nitrogens is 1. The van der Waals surface area contributed by atoms with Crippen molar-refractivity contribution in [3.8, 4) is 0 Å². The first-order chi connectivity index (χ1) is 15.2. The number of hydrogen-bond donors (Lipinski definition) is 1. The summed E-state index contributed by atoms with van der Waals surface area (Å²) in [5.41, 5.74) is 3.94. The lowest BCUT2D eigenvalue weighted by Gasteiger charge is -2.25. The number of halogens is 3. The first kappa shape index (κ1) is 24.1. The van der Waals surface area contributed by atoms with Crippen LogP contribution in [0.3, 0.4) is 0 Å². The van der Waals surface area contributed by atoms with Crippen LogP contribution in [0.5, 0.6) is 0 Å². The van der Waals surface area contributed by atoms with E-state index >= 15 is 0 Å². The number of hydrogen-bond acceptors (Lipinski definition) is 5. The Morgan fingerprint density at radius 2 is 1.81 bits per heavy atom. The average molecular weight is 456 g/mol. The molecule has 2 aliphatic heterocycles. The minimum Gasteiger partial charge on any atom is -0.475 e. The third-order valence-electron chi connectivity index (χ3n) is 5.76. The molecule has 0 aliphatic carbocycles. The van der Waals surface area contributed by atoms with E-state index in [1.165, 1.54) is 16.8 Å². The molecule has 0 amide bonds. The highest BCUT2D eigenvalue weighted by molar-refractivity contribution is 5.73. The first-order valence-corrected chi connectivity index (χ1v) is 10.6. The molecule has 0 bridgehead atoms. The van der Waals surface area contributed by atoms with Gasteiger partial charge in [0.1, 0.15) is 0 Å². The molecular weight excluding hydrogens is 429 g/mol. The monoisotopic (exact) mass is 456 g/mol. The van der Waals surface area contributed by atoms with Crippen LogP contribution in [0.2, 0.25) is 0 Å². The molecule has 32 heavy (non-hydrogen) atoms. The molecule has 4 heterocycles. The lowest BCUT2D eigenvalue weighted by Crippen LogP contribution is -2.30. The van der Waals surface area contributed by atoms with E-state index in [1.54, 1.807) is 12.3 Å². The van der Waals surface area contributed by atoms with Gasteiger partial charge in [-0.05, 0) is 36.8 Å². The maximum absolute atomic E-state index is 12.5. The van der Waals surface area contributed by atoms with Crippen molar-refractivity contribution in [2.45, 2.75) is 44.9 Å². The van der Waals surface area contributed by atoms with Gasteiger partial charge < -0.3 is 18.8 Å². The van der Waals surface area contributed by atoms with Gasteiger partial charge >= 0.3 is 12.1 Å². The van der Waals surface area contributed by atoms with E-state index < -0.39 is 12.1 Å². The van der Waals surface area contributed by atoms with Gasteiger partial charge in [-0.2, -0.15) is 13.2 Å². The molecule has 1 N–H and O–H groups in total. The number of ether oxygens (including phenoxy) is 1. The average Bonchev–Trinajstić information content (AvgIpc) is 3.17. The van der Waals surface area contributed by atoms with Crippen molar-refractivity contribution in [3.05, 3.63) is 57.9 Å². The summed E-state index contributed by atoms with van der Waals surface area (Å²) in [6, 6.07) is 5.82. The van der Waals surface area contributed by atoms with Crippen LogP contribution in [0, 0.1) is 5.92 Å². The summed E-state index contributed by atoms with van der Waals surface area (Å²) < 4.78 is 44.4. The SMILES string of the molecule is O=C(O)C(F)(F)F.O=c1ccc2c(n1CC1CCOCC1)CCN(Cc1ccoc1)CC2. The minimum atomic E-state index is -5.08. The maximum atomic E-state index is 12.5. The van der Waals surface area contributed by atoms with Gasteiger partial charge in [0.25, 0.3) is 5.56 Å². The van der Waals surface area contributed by atoms with Gasteiger partial charge in [0.05, 0.1) is 12.5 Å². The van der Waals surface area contributed by atoms with E-state index in [1.807, 2.05) is 23.0 Å². The van der Waals surface area contributed by atoms with Gasteiger partial charge in [-0.3, -0.25) is 9.69 Å². The van der Waals surface area contributed by atoms with E-state index in [0.717, 1.165) is 65.1 Å². The molecule has 0 radical (unpaired) electrons. The second-order valence-corrected chi connectivity index (χ2v) is 8.02. The van der Waals surface area contributed by atoms with Gasteiger partial charge in [0.2, 0.25) is 0 Å². The van der Waals surface area contributed by atoms with E-state index in [2.05, 4.69) is 4.90 Å².